The summed E-state index contributed by atoms with van der Waals surface area (Å²) in [5.74, 6) is 0.591. The summed E-state index contributed by atoms with van der Waals surface area (Å²) in [6.07, 6.45) is -3.28. The molecule has 0 N–H and O–H groups in total. The highest BCUT2D eigenvalue weighted by atomic mass is 19.4. The van der Waals surface area contributed by atoms with E-state index in [1.54, 1.807) is 55.6 Å². The third-order valence-corrected chi connectivity index (χ3v) is 4.01. The summed E-state index contributed by atoms with van der Waals surface area (Å²) in [5.41, 5.74) is 0.852. The van der Waals surface area contributed by atoms with Crippen molar-refractivity contribution >= 4 is 11.0 Å². The number of alkyl halides is 3. The Morgan fingerprint density at radius 3 is 2.35 bits per heavy atom. The second-order valence-corrected chi connectivity index (χ2v) is 5.80. The molecule has 0 aliphatic heterocycles. The van der Waals surface area contributed by atoms with Gasteiger partial charge in [-0.05, 0) is 49.2 Å². The quantitative estimate of drug-likeness (QED) is 0.558. The fourth-order valence-electron chi connectivity index (χ4n) is 2.75. The number of benzene rings is 2. The lowest BCUT2D eigenvalue weighted by Crippen LogP contribution is -2.15. The number of nitrogens with zero attached hydrogens (tertiary/aromatic N) is 2. The molecule has 0 bridgehead atoms. The number of methoxy groups -OCH3 is 1. The van der Waals surface area contributed by atoms with Crippen LogP contribution in [0.15, 0.2) is 48.5 Å². The van der Waals surface area contributed by atoms with E-state index in [2.05, 4.69) is 4.98 Å². The number of fused-ring (bicyclic) bond motifs is 1. The average Bonchev–Trinajstić information content (AvgIpc) is 3.01. The van der Waals surface area contributed by atoms with Gasteiger partial charge in [-0.3, -0.25) is 0 Å². The van der Waals surface area contributed by atoms with Crippen molar-refractivity contribution in [3.05, 3.63) is 54.4 Å². The molecule has 0 saturated heterocycles. The molecular weight excluding hydrogens is 345 g/mol. The second-order valence-electron chi connectivity index (χ2n) is 5.80. The zero-order valence-corrected chi connectivity index (χ0v) is 14.3. The van der Waals surface area contributed by atoms with E-state index in [1.807, 2.05) is 0 Å². The summed E-state index contributed by atoms with van der Waals surface area (Å²) in [4.78, 5) is 3.74. The molecule has 0 atom stereocenters. The van der Waals surface area contributed by atoms with Gasteiger partial charge < -0.3 is 14.0 Å². The maximum absolute atomic E-state index is 13.2. The first-order valence-electron chi connectivity index (χ1n) is 8.28. The van der Waals surface area contributed by atoms with Crippen molar-refractivity contribution in [3.63, 3.8) is 0 Å². The van der Waals surface area contributed by atoms with Crippen LogP contribution in [0.3, 0.4) is 0 Å². The van der Waals surface area contributed by atoms with Gasteiger partial charge in [-0.15, -0.1) is 0 Å². The van der Waals surface area contributed by atoms with Gasteiger partial charge in [0, 0.05) is 6.54 Å². The summed E-state index contributed by atoms with van der Waals surface area (Å²) in [5, 5.41) is 0. The number of hydrogen-bond acceptors (Lipinski definition) is 3. The summed E-state index contributed by atoms with van der Waals surface area (Å²) in [6.45, 7) is 0.668. The Labute approximate surface area is 149 Å². The highest BCUT2D eigenvalue weighted by Gasteiger charge is 2.37. The van der Waals surface area contributed by atoms with Crippen molar-refractivity contribution in [1.29, 1.82) is 0 Å². The Morgan fingerprint density at radius 1 is 0.962 bits per heavy atom. The van der Waals surface area contributed by atoms with Crippen LogP contribution in [0.25, 0.3) is 11.0 Å². The van der Waals surface area contributed by atoms with E-state index in [9.17, 15) is 13.2 Å². The SMILES string of the molecule is COc1ccc(OCCCCn2c(C(F)(F)F)nc3ccccc32)cc1. The molecule has 0 unspecified atom stereocenters. The molecule has 7 heteroatoms. The smallest absolute Gasteiger partial charge is 0.449 e. The van der Waals surface area contributed by atoms with Crippen molar-refractivity contribution in [3.8, 4) is 11.5 Å². The van der Waals surface area contributed by atoms with Gasteiger partial charge in [0.15, 0.2) is 0 Å². The Kier molecular flexibility index (Phi) is 5.35. The Morgan fingerprint density at radius 2 is 1.65 bits per heavy atom. The number of imidazole rings is 1. The van der Waals surface area contributed by atoms with E-state index < -0.39 is 12.0 Å². The van der Waals surface area contributed by atoms with Crippen LogP contribution in [0.1, 0.15) is 18.7 Å². The van der Waals surface area contributed by atoms with E-state index in [-0.39, 0.29) is 6.54 Å². The van der Waals surface area contributed by atoms with Crippen LogP contribution in [-0.4, -0.2) is 23.3 Å². The molecule has 0 radical (unpaired) electrons. The van der Waals surface area contributed by atoms with Gasteiger partial charge in [-0.25, -0.2) is 4.98 Å². The maximum Gasteiger partial charge on any atom is 0.449 e. The largest absolute Gasteiger partial charge is 0.497 e. The van der Waals surface area contributed by atoms with Crippen LogP contribution >= 0.6 is 0 Å². The third kappa shape index (κ3) is 4.09. The van der Waals surface area contributed by atoms with Crippen molar-refractivity contribution in [2.24, 2.45) is 0 Å². The first kappa shape index (κ1) is 18.1. The van der Waals surface area contributed by atoms with Gasteiger partial charge in [-0.1, -0.05) is 12.1 Å². The Balaban J connectivity index is 1.59. The first-order valence-corrected chi connectivity index (χ1v) is 8.28. The highest BCUT2D eigenvalue weighted by molar-refractivity contribution is 5.76. The van der Waals surface area contributed by atoms with Crippen LogP contribution in [0, 0.1) is 0 Å². The van der Waals surface area contributed by atoms with Gasteiger partial charge in [0.2, 0.25) is 5.82 Å². The lowest BCUT2D eigenvalue weighted by atomic mass is 10.3. The zero-order valence-electron chi connectivity index (χ0n) is 14.3. The summed E-state index contributed by atoms with van der Waals surface area (Å²) < 4.78 is 51.6. The molecular formula is C19H19F3N2O2. The molecule has 0 aliphatic carbocycles. The number of unbranched alkanes of at least 4 members (excludes halogenated alkanes) is 1. The average molecular weight is 364 g/mol. The van der Waals surface area contributed by atoms with E-state index in [0.717, 1.165) is 5.75 Å². The molecule has 26 heavy (non-hydrogen) atoms. The summed E-state index contributed by atoms with van der Waals surface area (Å²) in [7, 11) is 1.59. The molecule has 4 nitrogen and oxygen atoms in total. The molecule has 0 spiro atoms. The number of aryl methyl sites for hydroxylation is 1. The predicted octanol–water partition coefficient (Wildman–Crippen LogP) is 4.92. The molecule has 2 aromatic carbocycles. The van der Waals surface area contributed by atoms with Crippen molar-refractivity contribution in [1.82, 2.24) is 9.55 Å². The predicted molar refractivity (Wildman–Crippen MR) is 92.5 cm³/mol. The lowest BCUT2D eigenvalue weighted by Gasteiger charge is -2.12. The van der Waals surface area contributed by atoms with Crippen LogP contribution < -0.4 is 9.47 Å². The molecule has 0 fully saturated rings. The molecule has 138 valence electrons. The molecule has 0 amide bonds. The number of halogens is 3. The normalized spacial score (nSPS) is 11.7. The number of hydrogen-bond donors (Lipinski definition) is 0. The molecule has 0 saturated carbocycles. The lowest BCUT2D eigenvalue weighted by molar-refractivity contribution is -0.147. The van der Waals surface area contributed by atoms with Gasteiger partial charge >= 0.3 is 6.18 Å². The molecule has 3 aromatic rings. The van der Waals surface area contributed by atoms with Crippen LogP contribution in [-0.2, 0) is 12.7 Å². The molecule has 1 heterocycles. The van der Waals surface area contributed by atoms with E-state index >= 15 is 0 Å². The fraction of sp³-hybridized carbons (Fsp3) is 0.316. The van der Waals surface area contributed by atoms with Gasteiger partial charge in [-0.2, -0.15) is 13.2 Å². The van der Waals surface area contributed by atoms with Gasteiger partial charge in [0.1, 0.15) is 11.5 Å². The summed E-state index contributed by atoms with van der Waals surface area (Å²) in [6, 6.07) is 13.8. The van der Waals surface area contributed by atoms with Crippen molar-refractivity contribution in [2.75, 3.05) is 13.7 Å². The van der Waals surface area contributed by atoms with E-state index in [4.69, 9.17) is 9.47 Å². The van der Waals surface area contributed by atoms with Crippen molar-refractivity contribution < 1.29 is 22.6 Å². The Hall–Kier alpha value is -2.70. The van der Waals surface area contributed by atoms with Crippen LogP contribution in [0.4, 0.5) is 13.2 Å². The first-order chi connectivity index (χ1) is 12.5. The summed E-state index contributed by atoms with van der Waals surface area (Å²) >= 11 is 0. The minimum atomic E-state index is -4.47. The number of para-hydroxylation sites is 2. The van der Waals surface area contributed by atoms with Gasteiger partial charge in [0.25, 0.3) is 0 Å². The molecule has 3 rings (SSSR count). The number of aromatic nitrogens is 2. The third-order valence-electron chi connectivity index (χ3n) is 4.01. The second kappa shape index (κ2) is 7.68. The minimum absolute atomic E-state index is 0.237. The molecule has 1 aromatic heterocycles. The minimum Gasteiger partial charge on any atom is -0.497 e. The number of rotatable bonds is 7. The van der Waals surface area contributed by atoms with Crippen LogP contribution in [0.2, 0.25) is 0 Å². The highest BCUT2D eigenvalue weighted by Crippen LogP contribution is 2.31. The standard InChI is InChI=1S/C19H19F3N2O2/c1-25-14-8-10-15(11-9-14)26-13-5-4-12-24-17-7-3-2-6-16(17)23-18(24)19(20,21)22/h2-3,6-11H,4-5,12-13H2,1H3. The topological polar surface area (TPSA) is 36.3 Å². The molecule has 0 aliphatic rings. The number of ether oxygens (including phenoxy) is 2. The van der Waals surface area contributed by atoms with Gasteiger partial charge in [0.05, 0.1) is 24.8 Å². The monoisotopic (exact) mass is 364 g/mol. The fourth-order valence-corrected chi connectivity index (χ4v) is 2.75. The van der Waals surface area contributed by atoms with E-state index in [1.165, 1.54) is 4.57 Å². The van der Waals surface area contributed by atoms with E-state index in [0.29, 0.717) is 36.2 Å². The maximum atomic E-state index is 13.2. The Bertz CT molecular complexity index is 857. The van der Waals surface area contributed by atoms with Crippen molar-refractivity contribution in [2.45, 2.75) is 25.6 Å². The zero-order chi connectivity index (χ0) is 18.6. The van der Waals surface area contributed by atoms with Crippen LogP contribution in [0.5, 0.6) is 11.5 Å².